The fourth-order valence-electron chi connectivity index (χ4n) is 3.93. The molecule has 2 aliphatic carbocycles. The number of fused-ring (bicyclic) bond motifs is 1. The predicted molar refractivity (Wildman–Crippen MR) is 73.8 cm³/mol. The molecule has 0 amide bonds. The Hall–Kier alpha value is -1.02. The van der Waals surface area contributed by atoms with Crippen LogP contribution in [0, 0.1) is 0 Å². The largest absolute Gasteiger partial charge is 0.508 e. The Labute approximate surface area is 110 Å². The van der Waals surface area contributed by atoms with E-state index in [2.05, 4.69) is 17.9 Å². The van der Waals surface area contributed by atoms with Crippen LogP contribution in [0.2, 0.25) is 0 Å². The van der Waals surface area contributed by atoms with Crippen LogP contribution in [-0.2, 0) is 6.42 Å². The van der Waals surface area contributed by atoms with Gasteiger partial charge < -0.3 is 5.11 Å². The highest BCUT2D eigenvalue weighted by atomic mass is 16.3. The van der Waals surface area contributed by atoms with E-state index in [-0.39, 0.29) is 0 Å². The van der Waals surface area contributed by atoms with Gasteiger partial charge in [-0.2, -0.15) is 0 Å². The Balaban J connectivity index is 1.87. The molecule has 1 unspecified atom stereocenters. The van der Waals surface area contributed by atoms with Crippen LogP contribution >= 0.6 is 0 Å². The first-order valence-corrected chi connectivity index (χ1v) is 7.37. The monoisotopic (exact) mass is 245 g/mol. The smallest absolute Gasteiger partial charge is 0.119 e. The summed E-state index contributed by atoms with van der Waals surface area (Å²) in [6, 6.07) is 7.35. The minimum absolute atomic E-state index is 0.498. The van der Waals surface area contributed by atoms with E-state index in [4.69, 9.17) is 0 Å². The summed E-state index contributed by atoms with van der Waals surface area (Å²) in [4.78, 5) is 2.68. The van der Waals surface area contributed by atoms with Gasteiger partial charge in [-0.15, -0.1) is 0 Å². The van der Waals surface area contributed by atoms with Gasteiger partial charge >= 0.3 is 0 Å². The van der Waals surface area contributed by atoms with Gasteiger partial charge in [0.15, 0.2) is 0 Å². The number of hydrogen-bond donors (Lipinski definition) is 1. The first-order chi connectivity index (χ1) is 8.81. The number of aromatic hydroxyl groups is 1. The van der Waals surface area contributed by atoms with Crippen LogP contribution in [0.3, 0.4) is 0 Å². The second-order valence-corrected chi connectivity index (χ2v) is 5.67. The Morgan fingerprint density at radius 3 is 2.72 bits per heavy atom. The summed E-state index contributed by atoms with van der Waals surface area (Å²) in [6.07, 6.45) is 7.71. The molecule has 3 rings (SSSR count). The van der Waals surface area contributed by atoms with Crippen LogP contribution in [0.1, 0.15) is 56.2 Å². The molecule has 98 valence electrons. The Morgan fingerprint density at radius 2 is 2.00 bits per heavy atom. The minimum atomic E-state index is 0.498. The van der Waals surface area contributed by atoms with Gasteiger partial charge in [-0.3, -0.25) is 4.90 Å². The Kier molecular flexibility index (Phi) is 3.29. The molecule has 18 heavy (non-hydrogen) atoms. The van der Waals surface area contributed by atoms with E-state index >= 15 is 0 Å². The highest BCUT2D eigenvalue weighted by molar-refractivity contribution is 5.44. The summed E-state index contributed by atoms with van der Waals surface area (Å²) >= 11 is 0. The topological polar surface area (TPSA) is 23.5 Å². The lowest BCUT2D eigenvalue weighted by Gasteiger charge is -2.34. The highest BCUT2D eigenvalue weighted by Crippen LogP contribution is 2.42. The van der Waals surface area contributed by atoms with Crippen LogP contribution in [0.15, 0.2) is 18.2 Å². The highest BCUT2D eigenvalue weighted by Gasteiger charge is 2.33. The maximum absolute atomic E-state index is 9.95. The molecule has 1 N–H and O–H groups in total. The number of hydrogen-bond acceptors (Lipinski definition) is 2. The van der Waals surface area contributed by atoms with Gasteiger partial charge in [-0.1, -0.05) is 31.9 Å². The third-order valence-corrected chi connectivity index (χ3v) is 4.77. The van der Waals surface area contributed by atoms with Crippen molar-refractivity contribution in [1.82, 2.24) is 4.90 Å². The van der Waals surface area contributed by atoms with E-state index in [1.54, 1.807) is 0 Å². The van der Waals surface area contributed by atoms with Gasteiger partial charge in [0.2, 0.25) is 0 Å². The molecule has 1 aromatic rings. The van der Waals surface area contributed by atoms with E-state index in [1.165, 1.54) is 43.2 Å². The van der Waals surface area contributed by atoms with Crippen LogP contribution in [0.5, 0.6) is 5.75 Å². The van der Waals surface area contributed by atoms with Crippen LogP contribution in [0.25, 0.3) is 0 Å². The maximum atomic E-state index is 9.95. The summed E-state index contributed by atoms with van der Waals surface area (Å²) in [5, 5.41) is 9.95. The SMILES string of the molecule is CCN(C1CCCC1)C1CCc2c(O)cccc21. The molecule has 0 radical (unpaired) electrons. The quantitative estimate of drug-likeness (QED) is 0.878. The average Bonchev–Trinajstić information content (AvgIpc) is 3.01. The molecule has 0 aromatic heterocycles. The molecule has 1 fully saturated rings. The van der Waals surface area contributed by atoms with E-state index in [1.807, 2.05) is 12.1 Å². The first kappa shape index (κ1) is 12.0. The maximum Gasteiger partial charge on any atom is 0.119 e. The molecular formula is C16H23NO. The Bertz CT molecular complexity index is 423. The number of phenolic OH excluding ortho intramolecular Hbond substituents is 1. The van der Waals surface area contributed by atoms with Crippen LogP contribution in [0.4, 0.5) is 0 Å². The Morgan fingerprint density at radius 1 is 1.22 bits per heavy atom. The molecule has 2 aliphatic rings. The van der Waals surface area contributed by atoms with E-state index in [9.17, 15) is 5.11 Å². The van der Waals surface area contributed by atoms with Crippen LogP contribution < -0.4 is 0 Å². The first-order valence-electron chi connectivity index (χ1n) is 7.37. The fourth-order valence-corrected chi connectivity index (χ4v) is 3.93. The van der Waals surface area contributed by atoms with Crippen molar-refractivity contribution in [2.75, 3.05) is 6.54 Å². The van der Waals surface area contributed by atoms with Crippen molar-refractivity contribution in [2.45, 2.75) is 57.5 Å². The molecule has 1 saturated carbocycles. The molecular weight excluding hydrogens is 222 g/mol. The molecule has 0 heterocycles. The zero-order valence-corrected chi connectivity index (χ0v) is 11.2. The normalized spacial score (nSPS) is 23.8. The fraction of sp³-hybridized carbons (Fsp3) is 0.625. The van der Waals surface area contributed by atoms with Crippen molar-refractivity contribution in [3.8, 4) is 5.75 Å². The molecule has 2 heteroatoms. The van der Waals surface area contributed by atoms with E-state index in [0.717, 1.165) is 19.0 Å². The summed E-state index contributed by atoms with van der Waals surface area (Å²) in [7, 11) is 0. The second kappa shape index (κ2) is 4.93. The van der Waals surface area contributed by atoms with Crippen molar-refractivity contribution in [3.05, 3.63) is 29.3 Å². The van der Waals surface area contributed by atoms with Crippen molar-refractivity contribution in [3.63, 3.8) is 0 Å². The van der Waals surface area contributed by atoms with Gasteiger partial charge in [0.25, 0.3) is 0 Å². The lowest BCUT2D eigenvalue weighted by molar-refractivity contribution is 0.143. The van der Waals surface area contributed by atoms with Crippen LogP contribution in [-0.4, -0.2) is 22.6 Å². The van der Waals surface area contributed by atoms with Crippen molar-refractivity contribution >= 4 is 0 Å². The molecule has 0 saturated heterocycles. The summed E-state index contributed by atoms with van der Waals surface area (Å²) in [5.41, 5.74) is 2.57. The van der Waals surface area contributed by atoms with Gasteiger partial charge in [0.1, 0.15) is 5.75 Å². The van der Waals surface area contributed by atoms with E-state index in [0.29, 0.717) is 11.8 Å². The van der Waals surface area contributed by atoms with Gasteiger partial charge in [-0.25, -0.2) is 0 Å². The standard InChI is InChI=1S/C16H23NO/c1-2-17(12-6-3-4-7-12)15-11-10-14-13(15)8-5-9-16(14)18/h5,8-9,12,15,18H,2-4,6-7,10-11H2,1H3. The average molecular weight is 245 g/mol. The molecule has 0 bridgehead atoms. The number of phenols is 1. The van der Waals surface area contributed by atoms with E-state index < -0.39 is 0 Å². The van der Waals surface area contributed by atoms with Gasteiger partial charge in [0.05, 0.1) is 0 Å². The van der Waals surface area contributed by atoms with Gasteiger partial charge in [0, 0.05) is 12.1 Å². The van der Waals surface area contributed by atoms with Gasteiger partial charge in [-0.05, 0) is 49.4 Å². The van der Waals surface area contributed by atoms with Crippen molar-refractivity contribution in [2.24, 2.45) is 0 Å². The number of nitrogens with zero attached hydrogens (tertiary/aromatic N) is 1. The van der Waals surface area contributed by atoms with Crippen molar-refractivity contribution < 1.29 is 5.11 Å². The molecule has 2 nitrogen and oxygen atoms in total. The summed E-state index contributed by atoms with van der Waals surface area (Å²) in [6.45, 7) is 3.41. The zero-order chi connectivity index (χ0) is 12.5. The third-order valence-electron chi connectivity index (χ3n) is 4.77. The number of rotatable bonds is 3. The molecule has 1 aromatic carbocycles. The van der Waals surface area contributed by atoms with Crippen molar-refractivity contribution in [1.29, 1.82) is 0 Å². The molecule has 1 atom stereocenters. The second-order valence-electron chi connectivity index (χ2n) is 5.67. The third kappa shape index (κ3) is 1.93. The summed E-state index contributed by atoms with van der Waals surface area (Å²) < 4.78 is 0. The zero-order valence-electron chi connectivity index (χ0n) is 11.2. The minimum Gasteiger partial charge on any atom is -0.508 e. The predicted octanol–water partition coefficient (Wildman–Crippen LogP) is 3.64. The number of benzene rings is 1. The summed E-state index contributed by atoms with van der Waals surface area (Å²) in [5.74, 6) is 0.498. The molecule has 0 spiro atoms. The lowest BCUT2D eigenvalue weighted by Crippen LogP contribution is -2.35. The molecule has 0 aliphatic heterocycles. The lowest BCUT2D eigenvalue weighted by atomic mass is 10.0.